The zero-order valence-corrected chi connectivity index (χ0v) is 14.4. The van der Waals surface area contributed by atoms with Crippen LogP contribution in [0.4, 0.5) is 0 Å². The Labute approximate surface area is 130 Å². The van der Waals surface area contributed by atoms with Gasteiger partial charge >= 0.3 is 130 Å². The second kappa shape index (κ2) is 6.24. The predicted molar refractivity (Wildman–Crippen MR) is 82.9 cm³/mol. The third kappa shape index (κ3) is 3.05. The molecular formula is C14H11Cl2GaN2O-. The number of aromatic amines is 1. The number of hydrogen-bond donors (Lipinski definition) is 1. The van der Waals surface area contributed by atoms with E-state index in [1.54, 1.807) is 0 Å². The number of halogens is 2. The number of nitrogens with one attached hydrogen (secondary N) is 1. The van der Waals surface area contributed by atoms with Gasteiger partial charge in [-0.1, -0.05) is 0 Å². The maximum atomic E-state index is 5.96. The van der Waals surface area contributed by atoms with Crippen molar-refractivity contribution >= 4 is 44.9 Å². The molecule has 20 heavy (non-hydrogen) atoms. The fraction of sp³-hybridized carbons (Fsp3) is 0.0714. The summed E-state index contributed by atoms with van der Waals surface area (Å²) in [5, 5.41) is 0. The fourth-order valence-electron chi connectivity index (χ4n) is 2.13. The maximum absolute atomic E-state index is 5.96. The van der Waals surface area contributed by atoms with Gasteiger partial charge in [-0.2, -0.15) is 0 Å². The van der Waals surface area contributed by atoms with Crippen LogP contribution in [0.1, 0.15) is 17.5 Å². The van der Waals surface area contributed by atoms with Crippen LogP contribution < -0.4 is 0 Å². The molecule has 1 aromatic heterocycles. The van der Waals surface area contributed by atoms with Crippen molar-refractivity contribution in [2.75, 3.05) is 0 Å². The van der Waals surface area contributed by atoms with E-state index in [9.17, 15) is 0 Å². The molecule has 0 saturated carbocycles. The number of para-hydroxylation sites is 2. The summed E-state index contributed by atoms with van der Waals surface area (Å²) in [6, 6.07) is 17.7. The van der Waals surface area contributed by atoms with Crippen LogP contribution in [0.5, 0.6) is 0 Å². The molecule has 6 heteroatoms. The molecule has 0 saturated heterocycles. The molecule has 0 spiro atoms. The molecule has 1 unspecified atom stereocenters. The van der Waals surface area contributed by atoms with Crippen molar-refractivity contribution in [3.8, 4) is 0 Å². The Balaban J connectivity index is 2.04. The number of aromatic nitrogens is 2. The predicted octanol–water partition coefficient (Wildman–Crippen LogP) is 4.13. The molecule has 1 heterocycles. The summed E-state index contributed by atoms with van der Waals surface area (Å²) < 4.78 is 5.78. The third-order valence-corrected chi connectivity index (χ3v) is 5.07. The normalized spacial score (nSPS) is 12.9. The first-order valence-corrected chi connectivity index (χ1v) is 13.5. The van der Waals surface area contributed by atoms with Crippen LogP contribution in [0.15, 0.2) is 54.6 Å². The average Bonchev–Trinajstić information content (AvgIpc) is 2.89. The molecule has 2 aromatic carbocycles. The summed E-state index contributed by atoms with van der Waals surface area (Å²) in [4.78, 5) is 7.85. The molecule has 3 nitrogen and oxygen atoms in total. The Kier molecular flexibility index (Phi) is 4.38. The van der Waals surface area contributed by atoms with Gasteiger partial charge in [0.25, 0.3) is 0 Å². The van der Waals surface area contributed by atoms with Gasteiger partial charge in [0.15, 0.2) is 0 Å². The molecule has 0 aliphatic heterocycles. The minimum absolute atomic E-state index is 0.344. The van der Waals surface area contributed by atoms with Crippen LogP contribution in [0.3, 0.4) is 0 Å². The molecule has 1 radical (unpaired) electrons. The van der Waals surface area contributed by atoms with Gasteiger partial charge in [0.1, 0.15) is 0 Å². The molecule has 0 aliphatic rings. The van der Waals surface area contributed by atoms with E-state index in [1.165, 1.54) is 0 Å². The van der Waals surface area contributed by atoms with Crippen molar-refractivity contribution in [2.45, 2.75) is 6.10 Å². The number of imidazole rings is 1. The molecule has 0 aliphatic carbocycles. The van der Waals surface area contributed by atoms with Crippen LogP contribution >= 0.6 is 19.3 Å². The van der Waals surface area contributed by atoms with Crippen molar-refractivity contribution in [1.82, 2.24) is 9.97 Å². The van der Waals surface area contributed by atoms with Gasteiger partial charge < -0.3 is 0 Å². The zero-order chi connectivity index (χ0) is 13.9. The summed E-state index contributed by atoms with van der Waals surface area (Å²) in [7, 11) is 11.9. The number of hydrogen-bond acceptors (Lipinski definition) is 2. The topological polar surface area (TPSA) is 37.9 Å². The quantitative estimate of drug-likeness (QED) is 0.708. The van der Waals surface area contributed by atoms with Crippen molar-refractivity contribution in [3.63, 3.8) is 0 Å². The van der Waals surface area contributed by atoms with E-state index >= 15 is 0 Å². The first-order chi connectivity index (χ1) is 9.74. The van der Waals surface area contributed by atoms with Crippen LogP contribution in [-0.4, -0.2) is 24.5 Å². The van der Waals surface area contributed by atoms with Gasteiger partial charge in [0.2, 0.25) is 0 Å². The van der Waals surface area contributed by atoms with E-state index < -0.39 is 14.6 Å². The molecule has 0 amide bonds. The number of rotatable bonds is 4. The van der Waals surface area contributed by atoms with E-state index in [0.29, 0.717) is 0 Å². The van der Waals surface area contributed by atoms with Crippen molar-refractivity contribution in [3.05, 3.63) is 66.0 Å². The molecule has 0 bridgehead atoms. The van der Waals surface area contributed by atoms with Gasteiger partial charge in [-0.3, -0.25) is 0 Å². The van der Waals surface area contributed by atoms with Gasteiger partial charge in [-0.05, 0) is 0 Å². The fourth-order valence-corrected chi connectivity index (χ4v) is 4.23. The van der Waals surface area contributed by atoms with Crippen LogP contribution in [-0.2, 0) is 3.53 Å². The van der Waals surface area contributed by atoms with Crippen LogP contribution in [0.2, 0.25) is 0 Å². The summed E-state index contributed by atoms with van der Waals surface area (Å²) in [6.07, 6.45) is -0.344. The Morgan fingerprint density at radius 3 is 2.40 bits per heavy atom. The summed E-state index contributed by atoms with van der Waals surface area (Å²) in [5.41, 5.74) is 2.86. The van der Waals surface area contributed by atoms with E-state index in [-0.39, 0.29) is 6.10 Å². The first-order valence-electron chi connectivity index (χ1n) is 6.17. The molecule has 3 aromatic rings. The van der Waals surface area contributed by atoms with Gasteiger partial charge in [0, 0.05) is 0 Å². The Bertz CT molecular complexity index is 669. The van der Waals surface area contributed by atoms with Crippen molar-refractivity contribution in [1.29, 1.82) is 0 Å². The minimum atomic E-state index is -2.69. The van der Waals surface area contributed by atoms with E-state index in [4.69, 9.17) is 22.8 Å². The molecule has 1 N–H and O–H groups in total. The Morgan fingerprint density at radius 2 is 1.70 bits per heavy atom. The number of benzene rings is 2. The molecule has 101 valence electrons. The second-order valence-electron chi connectivity index (χ2n) is 4.33. The number of nitrogens with zero attached hydrogens (tertiary/aromatic N) is 1. The molecular weight excluding hydrogens is 353 g/mol. The number of fused-ring (bicyclic) bond motifs is 1. The SMILES string of the molecule is [Cl][Ga-]([Cl])[O]C(c1ccccc1)c1nc2ccccc2[nH]1. The van der Waals surface area contributed by atoms with Gasteiger partial charge in [-0.15, -0.1) is 0 Å². The first kappa shape index (κ1) is 14.0. The van der Waals surface area contributed by atoms with Crippen molar-refractivity contribution in [2.24, 2.45) is 0 Å². The van der Waals surface area contributed by atoms with Gasteiger partial charge in [-0.25, -0.2) is 0 Å². The Morgan fingerprint density at radius 1 is 1.00 bits per heavy atom. The van der Waals surface area contributed by atoms with Crippen molar-refractivity contribution < 1.29 is 3.53 Å². The van der Waals surface area contributed by atoms with E-state index in [1.807, 2.05) is 54.6 Å². The standard InChI is InChI=1S/C14H11N2O.2ClH.Ga/c17-13(10-6-2-1-3-7-10)14-15-11-8-4-5-9-12(11)16-14;;;/h1-9,13H,(H,15,16);2*1H;/q-1;;;+2/p-2. The summed E-state index contributed by atoms with van der Waals surface area (Å²) in [5.74, 6) is 0.731. The monoisotopic (exact) mass is 362 g/mol. The second-order valence-corrected chi connectivity index (χ2v) is 11.3. The Hall–Kier alpha value is -0.914. The van der Waals surface area contributed by atoms with Gasteiger partial charge in [0.05, 0.1) is 0 Å². The summed E-state index contributed by atoms with van der Waals surface area (Å²) >= 11 is -2.69. The van der Waals surface area contributed by atoms with Crippen LogP contribution in [0, 0.1) is 0 Å². The molecule has 1 atom stereocenters. The average molecular weight is 364 g/mol. The molecule has 0 fully saturated rings. The van der Waals surface area contributed by atoms with Crippen LogP contribution in [0.25, 0.3) is 11.0 Å². The summed E-state index contributed by atoms with van der Waals surface area (Å²) in [6.45, 7) is 0. The third-order valence-electron chi connectivity index (χ3n) is 3.00. The van der Waals surface area contributed by atoms with E-state index in [2.05, 4.69) is 9.97 Å². The van der Waals surface area contributed by atoms with E-state index in [0.717, 1.165) is 22.4 Å². The zero-order valence-electron chi connectivity index (χ0n) is 10.5. The number of H-pyrrole nitrogens is 1. The molecule has 3 rings (SSSR count).